The van der Waals surface area contributed by atoms with Crippen molar-refractivity contribution >= 4 is 29.3 Å². The van der Waals surface area contributed by atoms with Crippen molar-refractivity contribution in [3.8, 4) is 0 Å². The zero-order valence-electron chi connectivity index (χ0n) is 17.0. The number of amides is 1. The fraction of sp³-hybridized carbons (Fsp3) is 0.522. The first-order valence-corrected chi connectivity index (χ1v) is 10.9. The quantitative estimate of drug-likeness (QED) is 0.538. The van der Waals surface area contributed by atoms with Crippen molar-refractivity contribution < 1.29 is 9.53 Å². The summed E-state index contributed by atoms with van der Waals surface area (Å²) in [4.78, 5) is 17.9. The molecular formula is C23H32N2O2S. The van der Waals surface area contributed by atoms with Gasteiger partial charge in [-0.2, -0.15) is 12.6 Å². The van der Waals surface area contributed by atoms with Crippen molar-refractivity contribution in [3.63, 3.8) is 0 Å². The molecule has 2 unspecified atom stereocenters. The lowest BCUT2D eigenvalue weighted by atomic mass is 10.0. The molecule has 1 amide bonds. The molecule has 3 rings (SSSR count). The molecule has 1 saturated heterocycles. The van der Waals surface area contributed by atoms with Crippen molar-refractivity contribution in [1.82, 2.24) is 9.80 Å². The van der Waals surface area contributed by atoms with Crippen molar-refractivity contribution in [3.05, 3.63) is 48.0 Å². The Balaban J connectivity index is 1.75. The van der Waals surface area contributed by atoms with E-state index in [2.05, 4.69) is 36.6 Å². The minimum Gasteiger partial charge on any atom is -0.385 e. The lowest BCUT2D eigenvalue weighted by molar-refractivity contribution is 0.0409. The average molecular weight is 401 g/mol. The number of thiol groups is 1. The van der Waals surface area contributed by atoms with E-state index in [4.69, 9.17) is 4.74 Å². The predicted octanol–water partition coefficient (Wildman–Crippen LogP) is 3.96. The molecule has 1 fully saturated rings. The van der Waals surface area contributed by atoms with Crippen LogP contribution in [0.3, 0.4) is 0 Å². The molecule has 0 aliphatic carbocycles. The van der Waals surface area contributed by atoms with Gasteiger partial charge in [-0.3, -0.25) is 9.69 Å². The predicted molar refractivity (Wildman–Crippen MR) is 119 cm³/mol. The Morgan fingerprint density at radius 2 is 2.00 bits per heavy atom. The van der Waals surface area contributed by atoms with Crippen LogP contribution in [0.15, 0.2) is 42.5 Å². The van der Waals surface area contributed by atoms with Crippen LogP contribution in [0.25, 0.3) is 10.8 Å². The van der Waals surface area contributed by atoms with E-state index in [9.17, 15) is 4.79 Å². The van der Waals surface area contributed by atoms with Crippen LogP contribution in [-0.4, -0.2) is 67.4 Å². The molecule has 0 N–H and O–H groups in total. The highest BCUT2D eigenvalue weighted by molar-refractivity contribution is 7.80. The van der Waals surface area contributed by atoms with Gasteiger partial charge in [-0.25, -0.2) is 0 Å². The van der Waals surface area contributed by atoms with Crippen molar-refractivity contribution in [1.29, 1.82) is 0 Å². The smallest absolute Gasteiger partial charge is 0.254 e. The number of carbonyl (C=O) groups excluding carboxylic acids is 1. The maximum absolute atomic E-state index is 13.3. The lowest BCUT2D eigenvalue weighted by Gasteiger charge is -2.42. The number of benzene rings is 2. The monoisotopic (exact) mass is 400 g/mol. The summed E-state index contributed by atoms with van der Waals surface area (Å²) in [5.41, 5.74) is 0.811. The maximum Gasteiger partial charge on any atom is 0.254 e. The van der Waals surface area contributed by atoms with Crippen LogP contribution in [0, 0.1) is 5.92 Å². The SMILES string of the molecule is COCCCC1CN(C(=O)c2cccc3ccccc23)CCN1CC(C)CS. The van der Waals surface area contributed by atoms with Crippen LogP contribution in [-0.2, 0) is 4.74 Å². The minimum absolute atomic E-state index is 0.149. The van der Waals surface area contributed by atoms with Crippen LogP contribution < -0.4 is 0 Å². The van der Waals surface area contributed by atoms with Gasteiger partial charge in [0, 0.05) is 51.5 Å². The van der Waals surface area contributed by atoms with E-state index in [1.54, 1.807) is 7.11 Å². The first-order chi connectivity index (χ1) is 13.6. The molecule has 152 valence electrons. The van der Waals surface area contributed by atoms with E-state index in [-0.39, 0.29) is 5.91 Å². The molecule has 5 heteroatoms. The van der Waals surface area contributed by atoms with E-state index in [1.807, 2.05) is 35.2 Å². The van der Waals surface area contributed by atoms with E-state index in [0.29, 0.717) is 12.0 Å². The lowest BCUT2D eigenvalue weighted by Crippen LogP contribution is -2.55. The standard InChI is InChI=1S/C23H32N2O2S/c1-18(17-28)15-24-12-13-25(16-20(24)9-6-14-27-2)23(26)22-11-5-8-19-7-3-4-10-21(19)22/h3-5,7-8,10-11,18,20,28H,6,9,12-17H2,1-2H3. The largest absolute Gasteiger partial charge is 0.385 e. The Labute approximate surface area is 174 Å². The number of carbonyl (C=O) groups is 1. The van der Waals surface area contributed by atoms with E-state index < -0.39 is 0 Å². The van der Waals surface area contributed by atoms with E-state index in [1.165, 1.54) is 0 Å². The van der Waals surface area contributed by atoms with Gasteiger partial charge in [0.1, 0.15) is 0 Å². The first kappa shape index (κ1) is 21.2. The van der Waals surface area contributed by atoms with Crippen molar-refractivity contribution in [2.75, 3.05) is 45.6 Å². The number of ether oxygens (including phenoxy) is 1. The van der Waals surface area contributed by atoms with E-state index in [0.717, 1.165) is 67.7 Å². The molecule has 1 heterocycles. The summed E-state index contributed by atoms with van der Waals surface area (Å²) in [6.45, 7) is 6.54. The molecule has 0 spiro atoms. The summed E-state index contributed by atoms with van der Waals surface area (Å²) in [5, 5.41) is 2.16. The Morgan fingerprint density at radius 3 is 2.79 bits per heavy atom. The van der Waals surface area contributed by atoms with Gasteiger partial charge >= 0.3 is 0 Å². The highest BCUT2D eigenvalue weighted by Crippen LogP contribution is 2.23. The number of hydrogen-bond donors (Lipinski definition) is 1. The Kier molecular flexibility index (Phi) is 7.77. The second kappa shape index (κ2) is 10.3. The van der Waals surface area contributed by atoms with Crippen LogP contribution in [0.2, 0.25) is 0 Å². The second-order valence-electron chi connectivity index (χ2n) is 7.85. The summed E-state index contributed by atoms with van der Waals surface area (Å²) >= 11 is 4.45. The molecule has 0 saturated carbocycles. The zero-order valence-corrected chi connectivity index (χ0v) is 17.9. The third kappa shape index (κ3) is 5.07. The summed E-state index contributed by atoms with van der Waals surface area (Å²) in [7, 11) is 1.75. The van der Waals surface area contributed by atoms with Gasteiger partial charge in [0.05, 0.1) is 0 Å². The fourth-order valence-corrected chi connectivity index (χ4v) is 4.21. The topological polar surface area (TPSA) is 32.8 Å². The third-order valence-electron chi connectivity index (χ3n) is 5.66. The number of fused-ring (bicyclic) bond motifs is 1. The molecule has 1 aliphatic heterocycles. The van der Waals surface area contributed by atoms with Gasteiger partial charge in [-0.1, -0.05) is 43.3 Å². The molecule has 2 atom stereocenters. The number of nitrogens with zero attached hydrogens (tertiary/aromatic N) is 2. The molecule has 28 heavy (non-hydrogen) atoms. The van der Waals surface area contributed by atoms with E-state index >= 15 is 0 Å². The fourth-order valence-electron chi connectivity index (χ4n) is 4.10. The maximum atomic E-state index is 13.3. The number of rotatable bonds is 8. The van der Waals surface area contributed by atoms with Crippen molar-refractivity contribution in [2.45, 2.75) is 25.8 Å². The van der Waals surface area contributed by atoms with Crippen LogP contribution in [0.5, 0.6) is 0 Å². The van der Waals surface area contributed by atoms with Crippen molar-refractivity contribution in [2.24, 2.45) is 5.92 Å². The van der Waals surface area contributed by atoms with Gasteiger partial charge in [0.2, 0.25) is 0 Å². The Morgan fingerprint density at radius 1 is 1.21 bits per heavy atom. The molecule has 0 aromatic heterocycles. The first-order valence-electron chi connectivity index (χ1n) is 10.2. The zero-order chi connectivity index (χ0) is 19.9. The Hall–Kier alpha value is -1.56. The molecule has 0 radical (unpaired) electrons. The summed E-state index contributed by atoms with van der Waals surface area (Å²) in [6, 6.07) is 14.5. The molecule has 4 nitrogen and oxygen atoms in total. The summed E-state index contributed by atoms with van der Waals surface area (Å²) < 4.78 is 5.25. The molecule has 2 aromatic rings. The molecule has 0 bridgehead atoms. The summed E-state index contributed by atoms with van der Waals surface area (Å²) in [6.07, 6.45) is 2.07. The van der Waals surface area contributed by atoms with Gasteiger partial charge in [-0.15, -0.1) is 0 Å². The molecular weight excluding hydrogens is 368 g/mol. The van der Waals surface area contributed by atoms with Crippen LogP contribution in [0.1, 0.15) is 30.1 Å². The normalized spacial score (nSPS) is 19.1. The molecule has 2 aromatic carbocycles. The van der Waals surface area contributed by atoms with Gasteiger partial charge in [0.15, 0.2) is 0 Å². The van der Waals surface area contributed by atoms with Crippen LogP contribution in [0.4, 0.5) is 0 Å². The second-order valence-corrected chi connectivity index (χ2v) is 8.21. The average Bonchev–Trinajstić information content (AvgIpc) is 2.74. The van der Waals surface area contributed by atoms with Gasteiger partial charge < -0.3 is 9.64 Å². The number of hydrogen-bond acceptors (Lipinski definition) is 4. The summed E-state index contributed by atoms with van der Waals surface area (Å²) in [5.74, 6) is 1.59. The number of methoxy groups -OCH3 is 1. The minimum atomic E-state index is 0.149. The van der Waals surface area contributed by atoms with Crippen LogP contribution >= 0.6 is 12.6 Å². The third-order valence-corrected chi connectivity index (χ3v) is 6.28. The van der Waals surface area contributed by atoms with Gasteiger partial charge in [0.25, 0.3) is 5.91 Å². The molecule has 1 aliphatic rings. The highest BCUT2D eigenvalue weighted by atomic mass is 32.1. The number of piperazine rings is 1. The van der Waals surface area contributed by atoms with Gasteiger partial charge in [-0.05, 0) is 41.4 Å². The highest BCUT2D eigenvalue weighted by Gasteiger charge is 2.30. The Bertz CT molecular complexity index is 777.